The van der Waals surface area contributed by atoms with Crippen molar-refractivity contribution < 1.29 is 4.53 Å². The minimum absolute atomic E-state index is 0.238. The molecule has 0 saturated carbocycles. The maximum absolute atomic E-state index is 5.68. The molecule has 0 atom stereocenters. The van der Waals surface area contributed by atoms with Gasteiger partial charge >= 0.3 is 0 Å². The van der Waals surface area contributed by atoms with Gasteiger partial charge in [0.05, 0.1) is 0 Å². The first-order valence-electron chi connectivity index (χ1n) is 5.25. The molecule has 4 heteroatoms. The van der Waals surface area contributed by atoms with Crippen LogP contribution in [-0.4, -0.2) is 27.6 Å². The smallest absolute Gasteiger partial charge is 0.286 e. The Labute approximate surface area is 88.0 Å². The molecule has 1 rings (SSSR count). The van der Waals surface area contributed by atoms with Gasteiger partial charge in [-0.3, -0.25) is 0 Å². The molecule has 0 aliphatic carbocycles. The third-order valence-corrected chi connectivity index (χ3v) is 7.35. The average molecular weight is 214 g/mol. The van der Waals surface area contributed by atoms with E-state index in [4.69, 9.17) is 4.53 Å². The van der Waals surface area contributed by atoms with Gasteiger partial charge in [0.15, 0.2) is 0 Å². The van der Waals surface area contributed by atoms with Crippen molar-refractivity contribution in [1.82, 2.24) is 5.32 Å². The molecule has 14 heavy (non-hydrogen) atoms. The highest BCUT2D eigenvalue weighted by atomic mass is 28.4. The summed E-state index contributed by atoms with van der Waals surface area (Å²) in [7, 11) is -1.68. The van der Waals surface area contributed by atoms with Gasteiger partial charge in [-0.1, -0.05) is 20.8 Å². The summed E-state index contributed by atoms with van der Waals surface area (Å²) in [5, 5.41) is 7.57. The molecule has 0 aromatic rings. The average Bonchev–Trinajstić information content (AvgIpc) is 1.92. The van der Waals surface area contributed by atoms with Crippen molar-refractivity contribution in [1.29, 1.82) is 0 Å². The largest absolute Gasteiger partial charge is 0.455 e. The summed E-state index contributed by atoms with van der Waals surface area (Å²) in [4.78, 5) is 0. The minimum atomic E-state index is -1.68. The van der Waals surface area contributed by atoms with E-state index in [1.807, 2.05) is 6.21 Å². The molecule has 0 spiro atoms. The van der Waals surface area contributed by atoms with E-state index in [1.165, 1.54) is 0 Å². The van der Waals surface area contributed by atoms with E-state index in [-0.39, 0.29) is 5.04 Å². The first kappa shape index (κ1) is 11.7. The van der Waals surface area contributed by atoms with E-state index in [9.17, 15) is 0 Å². The number of rotatable bonds is 3. The fourth-order valence-corrected chi connectivity index (χ4v) is 1.40. The second-order valence-electron chi connectivity index (χ2n) is 5.52. The maximum atomic E-state index is 5.68. The topological polar surface area (TPSA) is 33.6 Å². The van der Waals surface area contributed by atoms with E-state index < -0.39 is 8.32 Å². The molecule has 1 aliphatic heterocycles. The predicted octanol–water partition coefficient (Wildman–Crippen LogP) is 2.21. The van der Waals surface area contributed by atoms with E-state index in [2.05, 4.69) is 44.3 Å². The number of oxime groups is 1. The monoisotopic (exact) mass is 214 g/mol. The molecule has 0 aromatic heterocycles. The van der Waals surface area contributed by atoms with Gasteiger partial charge < -0.3 is 9.84 Å². The second kappa shape index (κ2) is 4.02. The lowest BCUT2D eigenvalue weighted by molar-refractivity contribution is 0.303. The van der Waals surface area contributed by atoms with Crippen LogP contribution >= 0.6 is 0 Å². The SMILES string of the molecule is CC(C)(C)[Si](C)(C)ON=CC1CNC1. The molecule has 1 fully saturated rings. The van der Waals surface area contributed by atoms with Crippen molar-refractivity contribution >= 4 is 14.5 Å². The van der Waals surface area contributed by atoms with E-state index in [0.29, 0.717) is 5.92 Å². The number of nitrogens with one attached hydrogen (secondary N) is 1. The van der Waals surface area contributed by atoms with Crippen LogP contribution in [0.15, 0.2) is 5.16 Å². The molecule has 0 bridgehead atoms. The third-order valence-electron chi connectivity index (χ3n) is 3.17. The molecule has 0 aromatic carbocycles. The molecule has 1 aliphatic rings. The van der Waals surface area contributed by atoms with Crippen molar-refractivity contribution in [2.24, 2.45) is 11.1 Å². The minimum Gasteiger partial charge on any atom is -0.455 e. The lowest BCUT2D eigenvalue weighted by Gasteiger charge is -2.33. The maximum Gasteiger partial charge on any atom is 0.286 e. The van der Waals surface area contributed by atoms with Crippen LogP contribution < -0.4 is 5.32 Å². The number of hydrogen-bond donors (Lipinski definition) is 1. The van der Waals surface area contributed by atoms with Gasteiger partial charge in [0.1, 0.15) is 0 Å². The first-order chi connectivity index (χ1) is 6.33. The number of nitrogens with zero attached hydrogens (tertiary/aromatic N) is 1. The molecule has 3 nitrogen and oxygen atoms in total. The van der Waals surface area contributed by atoms with Gasteiger partial charge in [-0.25, -0.2) is 0 Å². The Morgan fingerprint density at radius 3 is 2.29 bits per heavy atom. The highest BCUT2D eigenvalue weighted by Gasteiger charge is 2.39. The van der Waals surface area contributed by atoms with E-state index in [0.717, 1.165) is 13.1 Å². The summed E-state index contributed by atoms with van der Waals surface area (Å²) in [6.07, 6.45) is 1.94. The van der Waals surface area contributed by atoms with Crippen LogP contribution in [0.5, 0.6) is 0 Å². The molecule has 0 radical (unpaired) electrons. The third kappa shape index (κ3) is 2.82. The standard InChI is InChI=1S/C10H22N2OSi/c1-10(2,3)14(4,5)13-12-8-9-6-11-7-9/h8-9,11H,6-7H2,1-5H3. The quantitative estimate of drug-likeness (QED) is 0.444. The van der Waals surface area contributed by atoms with Crippen molar-refractivity contribution in [2.45, 2.75) is 38.9 Å². The molecule has 1 saturated heterocycles. The zero-order chi connectivity index (χ0) is 10.8. The lowest BCUT2D eigenvalue weighted by atomic mass is 10.1. The fourth-order valence-electron chi connectivity index (χ4n) is 0.802. The van der Waals surface area contributed by atoms with Gasteiger partial charge in [0.2, 0.25) is 0 Å². The van der Waals surface area contributed by atoms with Gasteiger partial charge in [-0.05, 0) is 18.1 Å². The van der Waals surface area contributed by atoms with Crippen LogP contribution in [-0.2, 0) is 4.53 Å². The Kier molecular flexibility index (Phi) is 3.37. The molecular weight excluding hydrogens is 192 g/mol. The molecular formula is C10H22N2OSi. The Balaban J connectivity index is 2.38. The summed E-state index contributed by atoms with van der Waals surface area (Å²) in [5.41, 5.74) is 0. The van der Waals surface area contributed by atoms with Gasteiger partial charge in [-0.2, -0.15) is 0 Å². The van der Waals surface area contributed by atoms with Crippen LogP contribution in [0.3, 0.4) is 0 Å². The lowest BCUT2D eigenvalue weighted by Crippen LogP contribution is -2.43. The van der Waals surface area contributed by atoms with Crippen molar-refractivity contribution in [3.8, 4) is 0 Å². The molecule has 1 N–H and O–H groups in total. The van der Waals surface area contributed by atoms with Gasteiger partial charge in [-0.15, -0.1) is 5.16 Å². The van der Waals surface area contributed by atoms with Crippen LogP contribution in [0.25, 0.3) is 0 Å². The zero-order valence-corrected chi connectivity index (χ0v) is 10.9. The second-order valence-corrected chi connectivity index (χ2v) is 10.2. The van der Waals surface area contributed by atoms with Crippen LogP contribution in [0.2, 0.25) is 18.1 Å². The summed E-state index contributed by atoms with van der Waals surface area (Å²) in [5.74, 6) is 0.583. The van der Waals surface area contributed by atoms with Gasteiger partial charge in [0, 0.05) is 25.2 Å². The zero-order valence-electron chi connectivity index (χ0n) is 9.92. The van der Waals surface area contributed by atoms with Crippen molar-refractivity contribution in [3.63, 3.8) is 0 Å². The highest BCUT2D eigenvalue weighted by Crippen LogP contribution is 2.36. The number of hydrogen-bond acceptors (Lipinski definition) is 3. The van der Waals surface area contributed by atoms with Gasteiger partial charge in [0.25, 0.3) is 8.32 Å². The summed E-state index contributed by atoms with van der Waals surface area (Å²) < 4.78 is 5.68. The summed E-state index contributed by atoms with van der Waals surface area (Å²) in [6, 6.07) is 0. The van der Waals surface area contributed by atoms with Crippen LogP contribution in [0.4, 0.5) is 0 Å². The van der Waals surface area contributed by atoms with Crippen LogP contribution in [0, 0.1) is 5.92 Å². The van der Waals surface area contributed by atoms with E-state index in [1.54, 1.807) is 0 Å². The normalized spacial score (nSPS) is 19.8. The predicted molar refractivity (Wildman–Crippen MR) is 63.1 cm³/mol. The first-order valence-corrected chi connectivity index (χ1v) is 8.16. The summed E-state index contributed by atoms with van der Waals surface area (Å²) in [6.45, 7) is 13.2. The summed E-state index contributed by atoms with van der Waals surface area (Å²) >= 11 is 0. The Hall–Kier alpha value is -0.353. The van der Waals surface area contributed by atoms with E-state index >= 15 is 0 Å². The Bertz CT molecular complexity index is 217. The van der Waals surface area contributed by atoms with Crippen molar-refractivity contribution in [3.05, 3.63) is 0 Å². The highest BCUT2D eigenvalue weighted by molar-refractivity contribution is 6.74. The molecule has 0 unspecified atom stereocenters. The van der Waals surface area contributed by atoms with Crippen molar-refractivity contribution in [2.75, 3.05) is 13.1 Å². The Morgan fingerprint density at radius 1 is 1.36 bits per heavy atom. The Morgan fingerprint density at radius 2 is 1.93 bits per heavy atom. The molecule has 0 amide bonds. The molecule has 82 valence electrons. The molecule has 1 heterocycles. The fraction of sp³-hybridized carbons (Fsp3) is 0.900. The van der Waals surface area contributed by atoms with Crippen LogP contribution in [0.1, 0.15) is 20.8 Å².